The monoisotopic (exact) mass is 422 g/mol. The number of thiazole rings is 1. The van der Waals surface area contributed by atoms with E-state index in [0.717, 1.165) is 29.2 Å². The molecule has 1 amide bonds. The van der Waals surface area contributed by atoms with E-state index < -0.39 is 0 Å². The second kappa shape index (κ2) is 8.86. The maximum Gasteiger partial charge on any atom is 0.282 e. The van der Waals surface area contributed by atoms with E-state index in [1.165, 1.54) is 20.7 Å². The maximum atomic E-state index is 12.6. The largest absolute Gasteiger partial charge is 0.324 e. The molecule has 2 N–H and O–H groups in total. The number of amides is 1. The topological polar surface area (TPSA) is 46.4 Å². The van der Waals surface area contributed by atoms with Gasteiger partial charge in [-0.3, -0.25) is 4.79 Å². The van der Waals surface area contributed by atoms with Crippen LogP contribution in [0.25, 0.3) is 10.2 Å². The Labute approximate surface area is 178 Å². The molecule has 2 aromatic carbocycles. The van der Waals surface area contributed by atoms with Crippen molar-refractivity contribution in [1.82, 2.24) is 4.98 Å². The van der Waals surface area contributed by atoms with Crippen LogP contribution in [-0.2, 0) is 17.8 Å². The van der Waals surface area contributed by atoms with Crippen LogP contribution in [0.3, 0.4) is 0 Å². The summed E-state index contributed by atoms with van der Waals surface area (Å²) in [4.78, 5) is 18.5. The second-order valence-corrected chi connectivity index (χ2v) is 9.21. The molecule has 2 heterocycles. The van der Waals surface area contributed by atoms with Crippen molar-refractivity contribution in [1.29, 1.82) is 0 Å². The Kier molecular flexibility index (Phi) is 6.04. The van der Waals surface area contributed by atoms with Crippen molar-refractivity contribution < 1.29 is 9.69 Å². The van der Waals surface area contributed by atoms with Crippen molar-refractivity contribution in [3.05, 3.63) is 81.5 Å². The van der Waals surface area contributed by atoms with Crippen molar-refractivity contribution >= 4 is 44.5 Å². The summed E-state index contributed by atoms with van der Waals surface area (Å²) >= 11 is 3.42. The van der Waals surface area contributed by atoms with Crippen LogP contribution in [-0.4, -0.2) is 24.0 Å². The van der Waals surface area contributed by atoms with E-state index in [9.17, 15) is 4.79 Å². The van der Waals surface area contributed by atoms with Gasteiger partial charge >= 0.3 is 0 Å². The van der Waals surface area contributed by atoms with Crippen LogP contribution < -0.4 is 10.2 Å². The van der Waals surface area contributed by atoms with Gasteiger partial charge in [-0.2, -0.15) is 11.3 Å². The number of para-hydroxylation sites is 1. The zero-order valence-electron chi connectivity index (χ0n) is 16.5. The third-order valence-electron chi connectivity index (χ3n) is 5.11. The molecule has 4 nitrogen and oxygen atoms in total. The second-order valence-electron chi connectivity index (χ2n) is 7.31. The molecule has 0 aliphatic heterocycles. The van der Waals surface area contributed by atoms with Crippen LogP contribution in [0.2, 0.25) is 0 Å². The highest BCUT2D eigenvalue weighted by Gasteiger charge is 2.22. The molecule has 2 aromatic heterocycles. The number of nitrogens with one attached hydrogen (secondary N) is 2. The summed E-state index contributed by atoms with van der Waals surface area (Å²) < 4.78 is 1.22. The summed E-state index contributed by atoms with van der Waals surface area (Å²) in [6.07, 6.45) is 0.803. The molecule has 0 aliphatic rings. The first kappa shape index (κ1) is 19.8. The number of thiophene rings is 1. The van der Waals surface area contributed by atoms with E-state index >= 15 is 0 Å². The smallest absolute Gasteiger partial charge is 0.282 e. The number of fused-ring (bicyclic) bond motifs is 1. The number of aromatic nitrogens is 1. The van der Waals surface area contributed by atoms with Gasteiger partial charge in [-0.25, -0.2) is 4.98 Å². The molecule has 0 aliphatic carbocycles. The normalized spacial score (nSPS) is 13.3. The Bertz CT molecular complexity index is 1050. The zero-order chi connectivity index (χ0) is 20.2. The number of carbonyl (C=O) groups excluding carboxylic acids is 1. The fourth-order valence-corrected chi connectivity index (χ4v) is 4.89. The molecule has 1 unspecified atom stereocenters. The Morgan fingerprint density at radius 3 is 2.62 bits per heavy atom. The van der Waals surface area contributed by atoms with Gasteiger partial charge in [0.2, 0.25) is 0 Å². The number of hydrogen-bond acceptors (Lipinski definition) is 4. The van der Waals surface area contributed by atoms with Gasteiger partial charge in [0.05, 0.1) is 22.3 Å². The van der Waals surface area contributed by atoms with E-state index in [4.69, 9.17) is 4.98 Å². The molecule has 0 fully saturated rings. The minimum absolute atomic E-state index is 0.0386. The van der Waals surface area contributed by atoms with Crippen LogP contribution >= 0.6 is 22.7 Å². The van der Waals surface area contributed by atoms with E-state index in [2.05, 4.69) is 47.4 Å². The molecule has 0 bridgehead atoms. The predicted octanol–water partition coefficient (Wildman–Crippen LogP) is 3.99. The van der Waals surface area contributed by atoms with Crippen LogP contribution in [0.4, 0.5) is 5.69 Å². The third-order valence-corrected chi connectivity index (χ3v) is 6.88. The van der Waals surface area contributed by atoms with Gasteiger partial charge in [0.15, 0.2) is 6.04 Å². The lowest BCUT2D eigenvalue weighted by Gasteiger charge is -2.20. The molecule has 4 aromatic rings. The summed E-state index contributed by atoms with van der Waals surface area (Å²) in [5.74, 6) is 0.0386. The summed E-state index contributed by atoms with van der Waals surface area (Å²) in [5.41, 5.74) is 4.35. The summed E-state index contributed by atoms with van der Waals surface area (Å²) in [7, 11) is 2.06. The van der Waals surface area contributed by atoms with Crippen LogP contribution in [0.15, 0.2) is 65.4 Å². The highest BCUT2D eigenvalue weighted by Crippen LogP contribution is 2.24. The summed E-state index contributed by atoms with van der Waals surface area (Å²) in [5, 5.41) is 8.36. The number of hydrogen-bond donors (Lipinski definition) is 2. The average molecular weight is 423 g/mol. The molecule has 4 rings (SSSR count). The van der Waals surface area contributed by atoms with Crippen LogP contribution in [0.5, 0.6) is 0 Å². The molecule has 2 atom stereocenters. The van der Waals surface area contributed by atoms with Crippen molar-refractivity contribution in [2.75, 3.05) is 12.4 Å². The van der Waals surface area contributed by atoms with E-state index in [0.29, 0.717) is 0 Å². The first-order valence-corrected chi connectivity index (χ1v) is 11.4. The quantitative estimate of drug-likeness (QED) is 0.473. The van der Waals surface area contributed by atoms with E-state index in [-0.39, 0.29) is 11.9 Å². The number of nitrogens with zero attached hydrogens (tertiary/aromatic N) is 1. The molecule has 6 heteroatoms. The SMILES string of the molecule is C[C@H](C(=O)Nc1ccc(Cc2nc3ccccc3s2)cc1)[NH+](C)Cc1ccsc1. The number of rotatable bonds is 7. The zero-order valence-corrected chi connectivity index (χ0v) is 18.1. The molecule has 0 saturated carbocycles. The minimum Gasteiger partial charge on any atom is -0.324 e. The highest BCUT2D eigenvalue weighted by molar-refractivity contribution is 7.18. The number of benzene rings is 2. The van der Waals surface area contributed by atoms with Crippen molar-refractivity contribution in [2.24, 2.45) is 0 Å². The third kappa shape index (κ3) is 4.90. The number of anilines is 1. The van der Waals surface area contributed by atoms with Gasteiger partial charge in [-0.05, 0) is 53.6 Å². The van der Waals surface area contributed by atoms with Gasteiger partial charge in [-0.15, -0.1) is 11.3 Å². The Morgan fingerprint density at radius 1 is 1.10 bits per heavy atom. The van der Waals surface area contributed by atoms with E-state index in [1.807, 2.05) is 37.3 Å². The van der Waals surface area contributed by atoms with Crippen LogP contribution in [0, 0.1) is 0 Å². The predicted molar refractivity (Wildman–Crippen MR) is 122 cm³/mol. The Hall–Kier alpha value is -2.54. The van der Waals surface area contributed by atoms with E-state index in [1.54, 1.807) is 22.7 Å². The Balaban J connectivity index is 1.35. The minimum atomic E-state index is -0.127. The number of quaternary nitrogens is 1. The fourth-order valence-electron chi connectivity index (χ4n) is 3.22. The maximum absolute atomic E-state index is 12.6. The first-order chi connectivity index (χ1) is 14.1. The molecule has 0 saturated heterocycles. The lowest BCUT2D eigenvalue weighted by Crippen LogP contribution is -3.12. The summed E-state index contributed by atoms with van der Waals surface area (Å²) in [6.45, 7) is 2.82. The lowest BCUT2D eigenvalue weighted by atomic mass is 10.1. The van der Waals surface area contributed by atoms with Gasteiger partial charge < -0.3 is 10.2 Å². The standard InChI is InChI=1S/C23H23N3OS2/c1-16(26(2)14-18-11-12-28-15-18)23(27)24-19-9-7-17(8-10-19)13-22-25-20-5-3-4-6-21(20)29-22/h3-12,15-16H,13-14H2,1-2H3,(H,24,27)/p+1/t16-/m1/s1. The highest BCUT2D eigenvalue weighted by atomic mass is 32.1. The molecule has 0 spiro atoms. The molecule has 29 heavy (non-hydrogen) atoms. The first-order valence-electron chi connectivity index (χ1n) is 9.66. The molecule has 148 valence electrons. The number of likely N-dealkylation sites (N-methyl/N-ethyl adjacent to an activating group) is 1. The number of carbonyl (C=O) groups is 1. The summed E-state index contributed by atoms with van der Waals surface area (Å²) in [6, 6.07) is 18.3. The average Bonchev–Trinajstić information content (AvgIpc) is 3.37. The van der Waals surface area contributed by atoms with Crippen LogP contribution in [0.1, 0.15) is 23.1 Å². The lowest BCUT2D eigenvalue weighted by molar-refractivity contribution is -0.907. The fraction of sp³-hybridized carbons (Fsp3) is 0.217. The van der Waals surface area contributed by atoms with Crippen molar-refractivity contribution in [3.63, 3.8) is 0 Å². The van der Waals surface area contributed by atoms with Crippen molar-refractivity contribution in [3.8, 4) is 0 Å². The molecular formula is C23H24N3OS2+. The van der Waals surface area contributed by atoms with Gasteiger partial charge in [0.25, 0.3) is 5.91 Å². The molecular weight excluding hydrogens is 398 g/mol. The van der Waals surface area contributed by atoms with Gasteiger partial charge in [0.1, 0.15) is 6.54 Å². The van der Waals surface area contributed by atoms with Crippen molar-refractivity contribution in [2.45, 2.75) is 25.9 Å². The molecule has 0 radical (unpaired) electrons. The van der Waals surface area contributed by atoms with Gasteiger partial charge in [-0.1, -0.05) is 24.3 Å². The Morgan fingerprint density at radius 2 is 1.90 bits per heavy atom. The van der Waals surface area contributed by atoms with Gasteiger partial charge in [0, 0.05) is 17.7 Å².